The first-order chi connectivity index (χ1) is 9.79. The molecule has 0 unspecified atom stereocenters. The molecular weight excluding hydrogens is 250 g/mol. The fraction of sp³-hybridized carbons (Fsp3) is 0.375. The number of benzene rings is 1. The maximum atomic E-state index is 12.1. The van der Waals surface area contributed by atoms with Crippen molar-refractivity contribution < 1.29 is 4.79 Å². The Bertz CT molecular complexity index is 591. The molecule has 104 valence electrons. The minimum absolute atomic E-state index is 0.135. The lowest BCUT2D eigenvalue weighted by Crippen LogP contribution is -2.26. The van der Waals surface area contributed by atoms with Crippen LogP contribution in [0.1, 0.15) is 30.5 Å². The average molecular weight is 269 g/mol. The van der Waals surface area contributed by atoms with Crippen molar-refractivity contribution in [3.05, 3.63) is 53.9 Å². The van der Waals surface area contributed by atoms with E-state index in [0.29, 0.717) is 12.5 Å². The molecule has 1 N–H and O–H groups in total. The molecule has 4 nitrogen and oxygen atoms in total. The third-order valence-electron chi connectivity index (χ3n) is 3.90. The summed E-state index contributed by atoms with van der Waals surface area (Å²) in [6.45, 7) is 3.43. The van der Waals surface area contributed by atoms with Gasteiger partial charge in [-0.1, -0.05) is 30.3 Å². The zero-order chi connectivity index (χ0) is 13.9. The van der Waals surface area contributed by atoms with Gasteiger partial charge in [-0.3, -0.25) is 9.48 Å². The van der Waals surface area contributed by atoms with Crippen LogP contribution in [-0.4, -0.2) is 15.7 Å². The Hall–Kier alpha value is -2.10. The highest BCUT2D eigenvalue weighted by atomic mass is 16.2. The summed E-state index contributed by atoms with van der Waals surface area (Å²) in [7, 11) is 0. The summed E-state index contributed by atoms with van der Waals surface area (Å²) in [6, 6.07) is 12.2. The van der Waals surface area contributed by atoms with Gasteiger partial charge in [-0.25, -0.2) is 0 Å². The van der Waals surface area contributed by atoms with Crippen LogP contribution >= 0.6 is 0 Å². The van der Waals surface area contributed by atoms with Crippen LogP contribution in [0.4, 0.5) is 0 Å². The lowest BCUT2D eigenvalue weighted by atomic mass is 10.1. The van der Waals surface area contributed by atoms with Crippen molar-refractivity contribution in [2.75, 3.05) is 0 Å². The molecular formula is C16H19N3O. The number of rotatable bonds is 5. The molecule has 2 atom stereocenters. The van der Waals surface area contributed by atoms with Gasteiger partial charge in [0, 0.05) is 18.7 Å². The molecule has 1 aliphatic carbocycles. The van der Waals surface area contributed by atoms with Gasteiger partial charge >= 0.3 is 0 Å². The van der Waals surface area contributed by atoms with E-state index in [1.807, 2.05) is 35.9 Å². The van der Waals surface area contributed by atoms with Crippen LogP contribution in [0.2, 0.25) is 0 Å². The summed E-state index contributed by atoms with van der Waals surface area (Å²) < 4.78 is 1.90. The Labute approximate surface area is 118 Å². The molecule has 1 saturated carbocycles. The van der Waals surface area contributed by atoms with Crippen LogP contribution in [0.25, 0.3) is 0 Å². The van der Waals surface area contributed by atoms with Crippen molar-refractivity contribution in [1.29, 1.82) is 0 Å². The van der Waals surface area contributed by atoms with Crippen molar-refractivity contribution in [3.8, 4) is 0 Å². The number of aryl methyl sites for hydroxylation is 1. The summed E-state index contributed by atoms with van der Waals surface area (Å²) in [5.74, 6) is 0.686. The van der Waals surface area contributed by atoms with Crippen molar-refractivity contribution in [2.45, 2.75) is 32.4 Å². The molecule has 1 aromatic carbocycles. The monoisotopic (exact) mass is 269 g/mol. The lowest BCUT2D eigenvalue weighted by molar-refractivity contribution is -0.122. The van der Waals surface area contributed by atoms with Gasteiger partial charge < -0.3 is 5.32 Å². The number of amides is 1. The lowest BCUT2D eigenvalue weighted by Gasteiger charge is -2.07. The third kappa shape index (κ3) is 2.59. The highest BCUT2D eigenvalue weighted by molar-refractivity contribution is 5.82. The molecule has 2 aromatic rings. The normalized spacial score (nSPS) is 20.6. The van der Waals surface area contributed by atoms with E-state index in [2.05, 4.69) is 22.5 Å². The van der Waals surface area contributed by atoms with E-state index in [0.717, 1.165) is 18.7 Å². The number of carbonyl (C=O) groups is 1. The average Bonchev–Trinajstić information content (AvgIpc) is 3.17. The molecule has 1 aromatic heterocycles. The van der Waals surface area contributed by atoms with Crippen LogP contribution in [-0.2, 0) is 17.9 Å². The van der Waals surface area contributed by atoms with Crippen LogP contribution in [0.15, 0.2) is 42.6 Å². The second-order valence-corrected chi connectivity index (χ2v) is 5.22. The highest BCUT2D eigenvalue weighted by Crippen LogP contribution is 2.47. The SMILES string of the molecule is CCn1nccc1CNC(=O)[C@H]1C[C@@H]1c1ccccc1. The molecule has 1 fully saturated rings. The Kier molecular flexibility index (Phi) is 3.54. The van der Waals surface area contributed by atoms with Gasteiger partial charge in [-0.2, -0.15) is 5.10 Å². The Morgan fingerprint density at radius 1 is 1.35 bits per heavy atom. The number of hydrogen-bond donors (Lipinski definition) is 1. The summed E-state index contributed by atoms with van der Waals surface area (Å²) in [5, 5.41) is 7.22. The smallest absolute Gasteiger partial charge is 0.224 e. The number of nitrogens with one attached hydrogen (secondary N) is 1. The van der Waals surface area contributed by atoms with E-state index in [-0.39, 0.29) is 11.8 Å². The largest absolute Gasteiger partial charge is 0.350 e. The van der Waals surface area contributed by atoms with Gasteiger partial charge in [0.1, 0.15) is 0 Å². The second kappa shape index (κ2) is 5.49. The highest BCUT2D eigenvalue weighted by Gasteiger charge is 2.43. The molecule has 0 radical (unpaired) electrons. The number of hydrogen-bond acceptors (Lipinski definition) is 2. The zero-order valence-corrected chi connectivity index (χ0v) is 11.6. The van der Waals surface area contributed by atoms with Crippen molar-refractivity contribution >= 4 is 5.91 Å². The fourth-order valence-electron chi connectivity index (χ4n) is 2.66. The Morgan fingerprint density at radius 2 is 2.15 bits per heavy atom. The molecule has 1 heterocycles. The zero-order valence-electron chi connectivity index (χ0n) is 11.6. The van der Waals surface area contributed by atoms with Crippen molar-refractivity contribution in [3.63, 3.8) is 0 Å². The first-order valence-electron chi connectivity index (χ1n) is 7.13. The second-order valence-electron chi connectivity index (χ2n) is 5.22. The minimum Gasteiger partial charge on any atom is -0.350 e. The van der Waals surface area contributed by atoms with Crippen LogP contribution in [0.3, 0.4) is 0 Å². The topological polar surface area (TPSA) is 46.9 Å². The number of nitrogens with zero attached hydrogens (tertiary/aromatic N) is 2. The maximum absolute atomic E-state index is 12.1. The quantitative estimate of drug-likeness (QED) is 0.905. The number of carbonyl (C=O) groups excluding carboxylic acids is 1. The van der Waals surface area contributed by atoms with Crippen molar-refractivity contribution in [2.24, 2.45) is 5.92 Å². The summed E-state index contributed by atoms with van der Waals surface area (Å²) in [5.41, 5.74) is 2.32. The summed E-state index contributed by atoms with van der Waals surface area (Å²) in [4.78, 5) is 12.1. The van der Waals surface area contributed by atoms with E-state index in [1.54, 1.807) is 6.20 Å². The molecule has 0 aliphatic heterocycles. The van der Waals surface area contributed by atoms with E-state index in [1.165, 1.54) is 5.56 Å². The van der Waals surface area contributed by atoms with Gasteiger partial charge in [0.2, 0.25) is 5.91 Å². The van der Waals surface area contributed by atoms with E-state index < -0.39 is 0 Å². The van der Waals surface area contributed by atoms with Gasteiger partial charge in [-0.05, 0) is 30.9 Å². The minimum atomic E-state index is 0.135. The predicted molar refractivity (Wildman–Crippen MR) is 77.0 cm³/mol. The molecule has 0 saturated heterocycles. The van der Waals surface area contributed by atoms with Crippen molar-refractivity contribution in [1.82, 2.24) is 15.1 Å². The van der Waals surface area contributed by atoms with Gasteiger partial charge in [-0.15, -0.1) is 0 Å². The standard InChI is InChI=1S/C16H19N3O/c1-2-19-13(8-9-18-19)11-17-16(20)15-10-14(15)12-6-4-3-5-7-12/h3-9,14-15H,2,10-11H2,1H3,(H,17,20)/t14-,15+/m1/s1. The third-order valence-corrected chi connectivity index (χ3v) is 3.90. The van der Waals surface area contributed by atoms with Gasteiger partial charge in [0.25, 0.3) is 0 Å². The molecule has 0 spiro atoms. The Morgan fingerprint density at radius 3 is 2.90 bits per heavy atom. The molecule has 3 rings (SSSR count). The van der Waals surface area contributed by atoms with E-state index in [4.69, 9.17) is 0 Å². The molecule has 1 aliphatic rings. The number of aromatic nitrogens is 2. The van der Waals surface area contributed by atoms with Gasteiger partial charge in [0.15, 0.2) is 0 Å². The molecule has 0 bridgehead atoms. The molecule has 4 heteroatoms. The van der Waals surface area contributed by atoms with E-state index in [9.17, 15) is 4.79 Å². The first kappa shape index (κ1) is 12.9. The Balaban J connectivity index is 1.54. The first-order valence-corrected chi connectivity index (χ1v) is 7.13. The molecule has 20 heavy (non-hydrogen) atoms. The fourth-order valence-corrected chi connectivity index (χ4v) is 2.66. The van der Waals surface area contributed by atoms with Gasteiger partial charge in [0.05, 0.1) is 12.2 Å². The summed E-state index contributed by atoms with van der Waals surface area (Å²) in [6.07, 6.45) is 2.73. The predicted octanol–water partition coefficient (Wildman–Crippen LogP) is 2.32. The van der Waals surface area contributed by atoms with Crippen LogP contribution in [0, 0.1) is 5.92 Å². The van der Waals surface area contributed by atoms with Crippen LogP contribution in [0.5, 0.6) is 0 Å². The van der Waals surface area contributed by atoms with E-state index >= 15 is 0 Å². The van der Waals surface area contributed by atoms with Crippen LogP contribution < -0.4 is 5.32 Å². The summed E-state index contributed by atoms with van der Waals surface area (Å²) >= 11 is 0. The molecule has 1 amide bonds. The maximum Gasteiger partial charge on any atom is 0.224 e.